The predicted octanol–water partition coefficient (Wildman–Crippen LogP) is 0.813. The van der Waals surface area contributed by atoms with E-state index in [0.717, 1.165) is 13.0 Å². The molecule has 0 amide bonds. The normalized spacial score (nSPS) is 12.8. The van der Waals surface area contributed by atoms with Crippen LogP contribution in [-0.4, -0.2) is 58.7 Å². The van der Waals surface area contributed by atoms with Crippen LogP contribution in [0.15, 0.2) is 0 Å². The number of nitrogens with zero attached hydrogens (tertiary/aromatic N) is 1. The van der Waals surface area contributed by atoms with Gasteiger partial charge in [0.15, 0.2) is 0 Å². The fourth-order valence-electron chi connectivity index (χ4n) is 1.48. The van der Waals surface area contributed by atoms with Crippen LogP contribution in [0.2, 0.25) is 0 Å². The van der Waals surface area contributed by atoms with Crippen LogP contribution in [0.5, 0.6) is 0 Å². The van der Waals surface area contributed by atoms with Gasteiger partial charge in [0.1, 0.15) is 0 Å². The monoisotopic (exact) mass is 309 g/mol. The average Bonchev–Trinajstić information content (AvgIpc) is 2.33. The summed E-state index contributed by atoms with van der Waals surface area (Å²) < 4.78 is 33.0. The Kier molecular flexibility index (Phi) is 10.4. The molecule has 0 fully saturated rings. The third kappa shape index (κ3) is 10.6. The lowest BCUT2D eigenvalue weighted by molar-refractivity contribution is 0.114. The Hall–Kier alpha value is -0.210. The molecule has 0 bridgehead atoms. The Balaban J connectivity index is 3.80. The van der Waals surface area contributed by atoms with E-state index in [1.807, 2.05) is 0 Å². The molecule has 0 spiro atoms. The summed E-state index contributed by atoms with van der Waals surface area (Å²) in [5.74, 6) is 0.461. The molecule has 0 unspecified atom stereocenters. The second-order valence-electron chi connectivity index (χ2n) is 5.65. The SMILES string of the molecule is CC(C)COCCNS(=O)(=O)N(C)CCCNC(C)C. The number of hydrogen-bond donors (Lipinski definition) is 2. The van der Waals surface area contributed by atoms with E-state index in [0.29, 0.717) is 38.3 Å². The summed E-state index contributed by atoms with van der Waals surface area (Å²) in [6.45, 7) is 10.9. The van der Waals surface area contributed by atoms with Crippen molar-refractivity contribution in [3.63, 3.8) is 0 Å². The lowest BCUT2D eigenvalue weighted by atomic mass is 10.2. The van der Waals surface area contributed by atoms with Gasteiger partial charge in [-0.05, 0) is 18.9 Å². The summed E-state index contributed by atoms with van der Waals surface area (Å²) in [4.78, 5) is 0. The molecule has 2 N–H and O–H groups in total. The highest BCUT2D eigenvalue weighted by molar-refractivity contribution is 7.87. The fraction of sp³-hybridized carbons (Fsp3) is 1.00. The Morgan fingerprint density at radius 2 is 1.80 bits per heavy atom. The summed E-state index contributed by atoms with van der Waals surface area (Å²) >= 11 is 0. The molecule has 0 heterocycles. The van der Waals surface area contributed by atoms with Crippen molar-refractivity contribution in [2.24, 2.45) is 5.92 Å². The van der Waals surface area contributed by atoms with Crippen LogP contribution in [-0.2, 0) is 14.9 Å². The largest absolute Gasteiger partial charge is 0.380 e. The van der Waals surface area contributed by atoms with Gasteiger partial charge in [-0.15, -0.1) is 0 Å². The number of nitrogens with one attached hydrogen (secondary N) is 2. The van der Waals surface area contributed by atoms with Gasteiger partial charge in [-0.1, -0.05) is 27.7 Å². The third-order valence-corrected chi connectivity index (χ3v) is 4.17. The molecule has 0 aromatic rings. The van der Waals surface area contributed by atoms with Crippen molar-refractivity contribution >= 4 is 10.2 Å². The fourth-order valence-corrected chi connectivity index (χ4v) is 2.42. The highest BCUT2D eigenvalue weighted by Gasteiger charge is 2.16. The minimum atomic E-state index is -3.39. The zero-order valence-corrected chi connectivity index (χ0v) is 14.3. The van der Waals surface area contributed by atoms with Gasteiger partial charge in [-0.2, -0.15) is 17.4 Å². The van der Waals surface area contributed by atoms with Gasteiger partial charge >= 0.3 is 0 Å². The third-order valence-electron chi connectivity index (χ3n) is 2.59. The first-order chi connectivity index (χ1) is 9.25. The summed E-state index contributed by atoms with van der Waals surface area (Å²) in [6, 6.07) is 0.424. The van der Waals surface area contributed by atoms with Crippen molar-refractivity contribution in [2.75, 3.05) is 39.9 Å². The molecule has 122 valence electrons. The maximum Gasteiger partial charge on any atom is 0.279 e. The van der Waals surface area contributed by atoms with E-state index in [1.54, 1.807) is 7.05 Å². The average molecular weight is 309 g/mol. The van der Waals surface area contributed by atoms with Crippen LogP contribution in [0, 0.1) is 5.92 Å². The van der Waals surface area contributed by atoms with Gasteiger partial charge in [0, 0.05) is 32.8 Å². The smallest absolute Gasteiger partial charge is 0.279 e. The second-order valence-corrected chi connectivity index (χ2v) is 7.51. The van der Waals surface area contributed by atoms with E-state index in [-0.39, 0.29) is 0 Å². The highest BCUT2D eigenvalue weighted by Crippen LogP contribution is 1.96. The van der Waals surface area contributed by atoms with Gasteiger partial charge in [-0.25, -0.2) is 0 Å². The summed E-state index contributed by atoms with van der Waals surface area (Å²) in [6.07, 6.45) is 0.791. The van der Waals surface area contributed by atoms with Crippen LogP contribution in [0.3, 0.4) is 0 Å². The lowest BCUT2D eigenvalue weighted by Gasteiger charge is -2.18. The molecule has 20 heavy (non-hydrogen) atoms. The summed E-state index contributed by atoms with van der Waals surface area (Å²) in [5.41, 5.74) is 0. The van der Waals surface area contributed by atoms with E-state index < -0.39 is 10.2 Å². The van der Waals surface area contributed by atoms with Crippen molar-refractivity contribution in [1.82, 2.24) is 14.3 Å². The van der Waals surface area contributed by atoms with Crippen molar-refractivity contribution < 1.29 is 13.2 Å². The van der Waals surface area contributed by atoms with E-state index >= 15 is 0 Å². The maximum absolute atomic E-state index is 11.9. The van der Waals surface area contributed by atoms with Crippen LogP contribution < -0.4 is 10.0 Å². The number of hydrogen-bond acceptors (Lipinski definition) is 4. The zero-order chi connectivity index (χ0) is 15.6. The van der Waals surface area contributed by atoms with E-state index in [2.05, 4.69) is 37.7 Å². The van der Waals surface area contributed by atoms with Crippen molar-refractivity contribution in [1.29, 1.82) is 0 Å². The molecule has 0 aliphatic rings. The topological polar surface area (TPSA) is 70.7 Å². The quantitative estimate of drug-likeness (QED) is 0.524. The molecule has 7 heteroatoms. The van der Waals surface area contributed by atoms with Crippen molar-refractivity contribution in [3.05, 3.63) is 0 Å². The van der Waals surface area contributed by atoms with Crippen molar-refractivity contribution in [3.8, 4) is 0 Å². The van der Waals surface area contributed by atoms with Gasteiger partial charge in [0.05, 0.1) is 6.61 Å². The maximum atomic E-state index is 11.9. The van der Waals surface area contributed by atoms with Gasteiger partial charge in [0.2, 0.25) is 0 Å². The zero-order valence-electron chi connectivity index (χ0n) is 13.5. The molecule has 0 atom stereocenters. The second kappa shape index (κ2) is 10.5. The minimum absolute atomic E-state index is 0.309. The van der Waals surface area contributed by atoms with E-state index in [1.165, 1.54) is 4.31 Å². The molecular weight excluding hydrogens is 278 g/mol. The molecule has 0 aliphatic carbocycles. The standard InChI is InChI=1S/C13H31N3O3S/c1-12(2)11-19-10-8-15-20(17,18)16(5)9-6-7-14-13(3)4/h12-15H,6-11H2,1-5H3. The molecule has 6 nitrogen and oxygen atoms in total. The molecule has 0 rings (SSSR count). The number of rotatable bonds is 12. The van der Waals surface area contributed by atoms with E-state index in [9.17, 15) is 8.42 Å². The Bertz CT molecular complexity index is 332. The molecule has 0 aliphatic heterocycles. The molecular formula is C13H31N3O3S. The van der Waals surface area contributed by atoms with Crippen LogP contribution in [0.1, 0.15) is 34.1 Å². The first-order valence-electron chi connectivity index (χ1n) is 7.27. The van der Waals surface area contributed by atoms with Crippen LogP contribution in [0.25, 0.3) is 0 Å². The van der Waals surface area contributed by atoms with Crippen molar-refractivity contribution in [2.45, 2.75) is 40.2 Å². The van der Waals surface area contributed by atoms with Gasteiger partial charge < -0.3 is 10.1 Å². The first kappa shape index (κ1) is 19.8. The summed E-state index contributed by atoms with van der Waals surface area (Å²) in [5, 5.41) is 3.26. The first-order valence-corrected chi connectivity index (χ1v) is 8.71. The predicted molar refractivity (Wildman–Crippen MR) is 83.0 cm³/mol. The molecule has 0 saturated heterocycles. The minimum Gasteiger partial charge on any atom is -0.380 e. The highest BCUT2D eigenvalue weighted by atomic mass is 32.2. The number of ether oxygens (including phenoxy) is 1. The Morgan fingerprint density at radius 3 is 2.35 bits per heavy atom. The molecule has 0 aromatic heterocycles. The van der Waals surface area contributed by atoms with Crippen LogP contribution in [0.4, 0.5) is 0 Å². The molecule has 0 radical (unpaired) electrons. The lowest BCUT2D eigenvalue weighted by Crippen LogP contribution is -2.41. The Morgan fingerprint density at radius 1 is 1.15 bits per heavy atom. The summed E-state index contributed by atoms with van der Waals surface area (Å²) in [7, 11) is -1.80. The Labute approximate surface area is 124 Å². The van der Waals surface area contributed by atoms with Gasteiger partial charge in [-0.3, -0.25) is 0 Å². The molecule has 0 saturated carbocycles. The van der Waals surface area contributed by atoms with Crippen LogP contribution >= 0.6 is 0 Å². The van der Waals surface area contributed by atoms with Gasteiger partial charge in [0.25, 0.3) is 10.2 Å². The molecule has 0 aromatic carbocycles. The van der Waals surface area contributed by atoms with E-state index in [4.69, 9.17) is 4.74 Å².